The van der Waals surface area contributed by atoms with Crippen LogP contribution in [0.25, 0.3) is 21.8 Å². The van der Waals surface area contributed by atoms with Crippen molar-refractivity contribution in [2.75, 3.05) is 26.2 Å². The zero-order chi connectivity index (χ0) is 18.9. The molecule has 148 valence electrons. The van der Waals surface area contributed by atoms with Crippen molar-refractivity contribution in [1.82, 2.24) is 14.4 Å². The minimum absolute atomic E-state index is 0.835. The molecule has 2 aliphatic heterocycles. The molecule has 2 saturated heterocycles. The van der Waals surface area contributed by atoms with Crippen molar-refractivity contribution in [3.05, 3.63) is 48.0 Å². The smallest absolute Gasteiger partial charge is 0.0491 e. The molecule has 28 heavy (non-hydrogen) atoms. The van der Waals surface area contributed by atoms with E-state index in [0.29, 0.717) is 0 Å². The van der Waals surface area contributed by atoms with E-state index < -0.39 is 0 Å². The zero-order valence-corrected chi connectivity index (χ0v) is 17.2. The number of hydrogen-bond acceptors (Lipinski definition) is 2. The number of rotatable bonds is 4. The third-order valence-electron chi connectivity index (χ3n) is 7.02. The Kier molecular flexibility index (Phi) is 5.13. The molecule has 2 aliphatic rings. The second-order valence-corrected chi connectivity index (χ2v) is 8.72. The Morgan fingerprint density at radius 2 is 1.57 bits per heavy atom. The standard InChI is InChI=1S/C25H33N3/c1-2-28-24-9-5-4-8-22(24)23-18-20(10-11-25(23)28)19-26-16-12-21(13-17-26)27-14-6-3-7-15-27/h4-5,8-11,18,21H,2-3,6-7,12-17,19H2,1H3. The molecule has 3 aromatic rings. The lowest BCUT2D eigenvalue weighted by molar-refractivity contribution is 0.0897. The first-order valence-corrected chi connectivity index (χ1v) is 11.3. The highest BCUT2D eigenvalue weighted by Crippen LogP contribution is 2.30. The summed E-state index contributed by atoms with van der Waals surface area (Å²) < 4.78 is 2.44. The lowest BCUT2D eigenvalue weighted by Gasteiger charge is -2.40. The summed E-state index contributed by atoms with van der Waals surface area (Å²) in [6.07, 6.45) is 6.94. The number of piperidine rings is 2. The minimum atomic E-state index is 0.835. The van der Waals surface area contributed by atoms with Crippen LogP contribution < -0.4 is 0 Å². The Bertz CT molecular complexity index is 943. The third-order valence-corrected chi connectivity index (χ3v) is 7.02. The van der Waals surface area contributed by atoms with Gasteiger partial charge in [-0.3, -0.25) is 4.90 Å². The van der Waals surface area contributed by atoms with Gasteiger partial charge in [0.25, 0.3) is 0 Å². The van der Waals surface area contributed by atoms with Crippen LogP contribution in [0, 0.1) is 0 Å². The van der Waals surface area contributed by atoms with E-state index in [4.69, 9.17) is 0 Å². The van der Waals surface area contributed by atoms with Gasteiger partial charge in [0.1, 0.15) is 0 Å². The van der Waals surface area contributed by atoms with E-state index in [1.54, 1.807) is 0 Å². The summed E-state index contributed by atoms with van der Waals surface area (Å²) in [5.74, 6) is 0. The fourth-order valence-electron chi connectivity index (χ4n) is 5.52. The highest BCUT2D eigenvalue weighted by molar-refractivity contribution is 6.08. The summed E-state index contributed by atoms with van der Waals surface area (Å²) in [6, 6.07) is 16.8. The van der Waals surface area contributed by atoms with E-state index in [-0.39, 0.29) is 0 Å². The van der Waals surface area contributed by atoms with Gasteiger partial charge in [-0.2, -0.15) is 0 Å². The zero-order valence-electron chi connectivity index (χ0n) is 17.2. The molecule has 3 heteroatoms. The molecule has 0 atom stereocenters. The number of nitrogens with zero attached hydrogens (tertiary/aromatic N) is 3. The van der Waals surface area contributed by atoms with Crippen LogP contribution in [0.2, 0.25) is 0 Å². The molecule has 2 fully saturated rings. The summed E-state index contributed by atoms with van der Waals surface area (Å²) in [6.45, 7) is 9.52. The number of likely N-dealkylation sites (tertiary alicyclic amines) is 2. The minimum Gasteiger partial charge on any atom is -0.341 e. The van der Waals surface area contributed by atoms with Gasteiger partial charge < -0.3 is 9.47 Å². The number of fused-ring (bicyclic) bond motifs is 3. The number of aryl methyl sites for hydroxylation is 1. The molecular weight excluding hydrogens is 342 g/mol. The molecule has 0 aliphatic carbocycles. The Balaban J connectivity index is 1.31. The molecule has 1 aromatic heterocycles. The molecule has 0 saturated carbocycles. The van der Waals surface area contributed by atoms with Crippen LogP contribution in [0.15, 0.2) is 42.5 Å². The van der Waals surface area contributed by atoms with Crippen LogP contribution in [0.4, 0.5) is 0 Å². The van der Waals surface area contributed by atoms with Gasteiger partial charge in [-0.15, -0.1) is 0 Å². The Hall–Kier alpha value is -1.84. The number of aromatic nitrogens is 1. The van der Waals surface area contributed by atoms with E-state index >= 15 is 0 Å². The van der Waals surface area contributed by atoms with E-state index in [9.17, 15) is 0 Å². The van der Waals surface area contributed by atoms with Crippen LogP contribution in [0.3, 0.4) is 0 Å². The largest absolute Gasteiger partial charge is 0.341 e. The maximum absolute atomic E-state index is 2.77. The summed E-state index contributed by atoms with van der Waals surface area (Å²) in [7, 11) is 0. The molecule has 0 spiro atoms. The van der Waals surface area contributed by atoms with Crippen molar-refractivity contribution in [3.8, 4) is 0 Å². The van der Waals surface area contributed by atoms with E-state index in [2.05, 4.69) is 63.8 Å². The summed E-state index contributed by atoms with van der Waals surface area (Å²) >= 11 is 0. The summed E-state index contributed by atoms with van der Waals surface area (Å²) in [5.41, 5.74) is 4.19. The topological polar surface area (TPSA) is 11.4 Å². The second kappa shape index (κ2) is 7.88. The second-order valence-electron chi connectivity index (χ2n) is 8.72. The quantitative estimate of drug-likeness (QED) is 0.616. The average Bonchev–Trinajstić information content (AvgIpc) is 3.08. The number of para-hydroxylation sites is 1. The third kappa shape index (κ3) is 3.35. The van der Waals surface area contributed by atoms with Gasteiger partial charge >= 0.3 is 0 Å². The predicted octanol–water partition coefficient (Wildman–Crippen LogP) is 5.26. The van der Waals surface area contributed by atoms with E-state index in [0.717, 1.165) is 19.1 Å². The maximum atomic E-state index is 2.77. The first-order valence-electron chi connectivity index (χ1n) is 11.3. The van der Waals surface area contributed by atoms with E-state index in [1.165, 1.54) is 85.7 Å². The monoisotopic (exact) mass is 375 g/mol. The summed E-state index contributed by atoms with van der Waals surface area (Å²) in [5, 5.41) is 2.81. The molecule has 0 unspecified atom stereocenters. The first-order chi connectivity index (χ1) is 13.8. The molecule has 2 aromatic carbocycles. The Morgan fingerprint density at radius 3 is 2.36 bits per heavy atom. The van der Waals surface area contributed by atoms with Crippen molar-refractivity contribution < 1.29 is 0 Å². The average molecular weight is 376 g/mol. The van der Waals surface area contributed by atoms with Crippen LogP contribution in [0.5, 0.6) is 0 Å². The van der Waals surface area contributed by atoms with Crippen molar-refractivity contribution >= 4 is 21.8 Å². The van der Waals surface area contributed by atoms with Gasteiger partial charge in [0, 0.05) is 40.9 Å². The van der Waals surface area contributed by atoms with E-state index in [1.807, 2.05) is 0 Å². The Labute approximate surface area is 168 Å². The lowest BCUT2D eigenvalue weighted by Crippen LogP contribution is -2.46. The molecule has 3 nitrogen and oxygen atoms in total. The Morgan fingerprint density at radius 1 is 0.821 bits per heavy atom. The lowest BCUT2D eigenvalue weighted by atomic mass is 9.99. The van der Waals surface area contributed by atoms with Crippen molar-refractivity contribution in [2.24, 2.45) is 0 Å². The van der Waals surface area contributed by atoms with Crippen LogP contribution in [-0.2, 0) is 13.1 Å². The molecule has 0 amide bonds. The van der Waals surface area contributed by atoms with Gasteiger partial charge in [0.05, 0.1) is 0 Å². The van der Waals surface area contributed by atoms with Crippen LogP contribution in [-0.4, -0.2) is 46.6 Å². The van der Waals surface area contributed by atoms with Gasteiger partial charge in [0.15, 0.2) is 0 Å². The fourth-order valence-corrected chi connectivity index (χ4v) is 5.52. The van der Waals surface area contributed by atoms with Crippen LogP contribution >= 0.6 is 0 Å². The highest BCUT2D eigenvalue weighted by atomic mass is 15.2. The first kappa shape index (κ1) is 18.2. The molecule has 3 heterocycles. The molecule has 5 rings (SSSR count). The van der Waals surface area contributed by atoms with Crippen molar-refractivity contribution in [2.45, 2.75) is 58.2 Å². The molecule has 0 N–H and O–H groups in total. The fraction of sp³-hybridized carbons (Fsp3) is 0.520. The van der Waals surface area contributed by atoms with Gasteiger partial charge in [-0.25, -0.2) is 0 Å². The van der Waals surface area contributed by atoms with Gasteiger partial charge in [-0.05, 0) is 82.5 Å². The maximum Gasteiger partial charge on any atom is 0.0491 e. The van der Waals surface area contributed by atoms with Crippen LogP contribution in [0.1, 0.15) is 44.6 Å². The van der Waals surface area contributed by atoms with Gasteiger partial charge in [0.2, 0.25) is 0 Å². The molecule has 0 radical (unpaired) electrons. The molecule has 0 bridgehead atoms. The number of benzene rings is 2. The SMILES string of the molecule is CCn1c2ccccc2c2cc(CN3CCC(N4CCCCC4)CC3)ccc21. The molecular formula is C25H33N3. The van der Waals surface area contributed by atoms with Crippen molar-refractivity contribution in [1.29, 1.82) is 0 Å². The van der Waals surface area contributed by atoms with Crippen molar-refractivity contribution in [3.63, 3.8) is 0 Å². The highest BCUT2D eigenvalue weighted by Gasteiger charge is 2.25. The normalized spacial score (nSPS) is 20.3. The predicted molar refractivity (Wildman–Crippen MR) is 119 cm³/mol. The summed E-state index contributed by atoms with van der Waals surface area (Å²) in [4.78, 5) is 5.44. The van der Waals surface area contributed by atoms with Gasteiger partial charge in [-0.1, -0.05) is 30.7 Å². The number of hydrogen-bond donors (Lipinski definition) is 0.